The molecule has 0 fully saturated rings. The highest BCUT2D eigenvalue weighted by atomic mass is 16.6. The highest BCUT2D eigenvalue weighted by Crippen LogP contribution is 2.28. The predicted molar refractivity (Wildman–Crippen MR) is 114 cm³/mol. The lowest BCUT2D eigenvalue weighted by Gasteiger charge is -2.20. The van der Waals surface area contributed by atoms with E-state index in [1.165, 1.54) is 0 Å². The molecule has 0 saturated heterocycles. The minimum Gasteiger partial charge on any atom is -0.488 e. The topological polar surface area (TPSA) is 125 Å². The molecule has 1 aromatic carbocycles. The lowest BCUT2D eigenvalue weighted by Crippen LogP contribution is -2.34. The normalized spacial score (nSPS) is 11.0. The highest BCUT2D eigenvalue weighted by molar-refractivity contribution is 5.94. The lowest BCUT2D eigenvalue weighted by atomic mass is 10.2. The summed E-state index contributed by atoms with van der Waals surface area (Å²) in [5.74, 6) is 0.573. The summed E-state index contributed by atoms with van der Waals surface area (Å²) in [6.45, 7) is 7.33. The van der Waals surface area contributed by atoms with E-state index in [1.807, 2.05) is 0 Å². The molecule has 0 aromatic heterocycles. The molecular weight excluding hydrogens is 408 g/mol. The number of ether oxygens (including phenoxy) is 5. The van der Waals surface area contributed by atoms with Crippen LogP contribution in [0.25, 0.3) is 0 Å². The zero-order chi connectivity index (χ0) is 23.1. The van der Waals surface area contributed by atoms with Crippen LogP contribution in [0.1, 0.15) is 31.1 Å². The number of carbonyl (C=O) groups is 2. The number of alkyl carbamates (subject to hydrolysis) is 1. The Balaban J connectivity index is 2.53. The minimum atomic E-state index is -0.575. The number of benzene rings is 1. The number of carbonyl (C=O) groups excluding carboxylic acids is 2. The first-order chi connectivity index (χ1) is 14.8. The summed E-state index contributed by atoms with van der Waals surface area (Å²) >= 11 is 0. The van der Waals surface area contributed by atoms with Crippen molar-refractivity contribution in [3.05, 3.63) is 23.8 Å². The van der Waals surface area contributed by atoms with Crippen LogP contribution < -0.4 is 20.1 Å². The van der Waals surface area contributed by atoms with Crippen LogP contribution >= 0.6 is 0 Å². The van der Waals surface area contributed by atoms with Crippen LogP contribution in [-0.4, -0.2) is 82.5 Å². The molecular formula is C21H34N2O8. The van der Waals surface area contributed by atoms with Gasteiger partial charge in [-0.2, -0.15) is 0 Å². The fourth-order valence-electron chi connectivity index (χ4n) is 2.25. The molecule has 0 aliphatic heterocycles. The standard InChI is InChI=1S/C21H34N2O8/c1-21(2,3)31-20(26)23-7-9-29-17-6-5-16(19(25)22-4)15-18(17)30-14-13-28-12-11-27-10-8-24/h5-6,15,24H,7-14H2,1-4H3,(H,22,25)(H,23,26). The quantitative estimate of drug-likeness (QED) is 0.369. The third-order valence-electron chi connectivity index (χ3n) is 3.55. The second-order valence-electron chi connectivity index (χ2n) is 7.31. The highest BCUT2D eigenvalue weighted by Gasteiger charge is 2.16. The second-order valence-corrected chi connectivity index (χ2v) is 7.31. The average molecular weight is 443 g/mol. The molecule has 10 heteroatoms. The maximum atomic E-state index is 11.9. The van der Waals surface area contributed by atoms with E-state index in [1.54, 1.807) is 46.0 Å². The van der Waals surface area contributed by atoms with E-state index in [-0.39, 0.29) is 38.9 Å². The van der Waals surface area contributed by atoms with Gasteiger partial charge < -0.3 is 39.4 Å². The zero-order valence-corrected chi connectivity index (χ0v) is 18.7. The van der Waals surface area contributed by atoms with Gasteiger partial charge in [0.2, 0.25) is 0 Å². The fourth-order valence-corrected chi connectivity index (χ4v) is 2.25. The van der Waals surface area contributed by atoms with E-state index >= 15 is 0 Å². The van der Waals surface area contributed by atoms with Crippen molar-refractivity contribution in [1.29, 1.82) is 0 Å². The van der Waals surface area contributed by atoms with E-state index in [9.17, 15) is 9.59 Å². The van der Waals surface area contributed by atoms with Crippen molar-refractivity contribution in [2.24, 2.45) is 0 Å². The Morgan fingerprint density at radius 3 is 2.23 bits per heavy atom. The number of rotatable bonds is 14. The van der Waals surface area contributed by atoms with Crippen LogP contribution in [0.15, 0.2) is 18.2 Å². The molecule has 10 nitrogen and oxygen atoms in total. The van der Waals surface area contributed by atoms with E-state index in [4.69, 9.17) is 28.8 Å². The smallest absolute Gasteiger partial charge is 0.407 e. The number of nitrogens with one attached hydrogen (secondary N) is 2. The molecule has 0 atom stereocenters. The number of hydrogen-bond acceptors (Lipinski definition) is 8. The van der Waals surface area contributed by atoms with E-state index in [2.05, 4.69) is 10.6 Å². The summed E-state index contributed by atoms with van der Waals surface area (Å²) in [7, 11) is 1.54. The van der Waals surface area contributed by atoms with Gasteiger partial charge in [0.15, 0.2) is 11.5 Å². The Labute approximate surface area is 183 Å². The second kappa shape index (κ2) is 14.4. The van der Waals surface area contributed by atoms with Crippen molar-refractivity contribution in [3.8, 4) is 11.5 Å². The maximum Gasteiger partial charge on any atom is 0.407 e. The molecule has 1 aromatic rings. The first-order valence-electron chi connectivity index (χ1n) is 10.1. The van der Waals surface area contributed by atoms with Crippen LogP contribution in [0.2, 0.25) is 0 Å². The molecule has 0 heterocycles. The van der Waals surface area contributed by atoms with E-state index < -0.39 is 11.7 Å². The van der Waals surface area contributed by atoms with Gasteiger partial charge in [-0.15, -0.1) is 0 Å². The van der Waals surface area contributed by atoms with Crippen LogP contribution in [0, 0.1) is 0 Å². The molecule has 0 aliphatic rings. The number of amides is 2. The first kappa shape index (κ1) is 26.5. The molecule has 1 rings (SSSR count). The van der Waals surface area contributed by atoms with Crippen LogP contribution in [0.3, 0.4) is 0 Å². The van der Waals surface area contributed by atoms with Crippen molar-refractivity contribution in [3.63, 3.8) is 0 Å². The minimum absolute atomic E-state index is 0.0269. The summed E-state index contributed by atoms with van der Waals surface area (Å²) in [6, 6.07) is 4.84. The molecule has 3 N–H and O–H groups in total. The Kier molecular flexibility index (Phi) is 12.3. The molecule has 0 unspecified atom stereocenters. The van der Waals surface area contributed by atoms with Crippen LogP contribution in [0.5, 0.6) is 11.5 Å². The molecule has 176 valence electrons. The Morgan fingerprint density at radius 2 is 1.58 bits per heavy atom. The Hall–Kier alpha value is -2.56. The van der Waals surface area contributed by atoms with Gasteiger partial charge >= 0.3 is 6.09 Å². The molecule has 0 spiro atoms. The monoisotopic (exact) mass is 442 g/mol. The van der Waals surface area contributed by atoms with Crippen molar-refractivity contribution in [2.45, 2.75) is 26.4 Å². The molecule has 0 bridgehead atoms. The van der Waals surface area contributed by atoms with E-state index in [0.29, 0.717) is 36.9 Å². The predicted octanol–water partition coefficient (Wildman–Crippen LogP) is 1.35. The van der Waals surface area contributed by atoms with Crippen molar-refractivity contribution >= 4 is 12.0 Å². The Bertz CT molecular complexity index is 676. The summed E-state index contributed by atoms with van der Waals surface area (Å²) in [5, 5.41) is 13.8. The van der Waals surface area contributed by atoms with Gasteiger partial charge in [-0.05, 0) is 39.0 Å². The Morgan fingerprint density at radius 1 is 0.935 bits per heavy atom. The maximum absolute atomic E-state index is 11.9. The van der Waals surface area contributed by atoms with Gasteiger partial charge in [0.25, 0.3) is 5.91 Å². The molecule has 0 aliphatic carbocycles. The first-order valence-corrected chi connectivity index (χ1v) is 10.1. The average Bonchev–Trinajstić information content (AvgIpc) is 2.71. The van der Waals surface area contributed by atoms with Crippen molar-refractivity contribution < 1.29 is 38.4 Å². The van der Waals surface area contributed by atoms with Gasteiger partial charge in [0, 0.05) is 12.6 Å². The number of aliphatic hydroxyl groups is 1. The van der Waals surface area contributed by atoms with Gasteiger partial charge in [0.1, 0.15) is 18.8 Å². The fraction of sp³-hybridized carbons (Fsp3) is 0.619. The molecule has 2 amide bonds. The SMILES string of the molecule is CNC(=O)c1ccc(OCCNC(=O)OC(C)(C)C)c(OCCOCCOCCO)c1. The third kappa shape index (κ3) is 12.0. The summed E-state index contributed by atoms with van der Waals surface area (Å²) in [5.41, 5.74) is -0.149. The molecule has 0 radical (unpaired) electrons. The number of aliphatic hydroxyl groups excluding tert-OH is 1. The lowest BCUT2D eigenvalue weighted by molar-refractivity contribution is 0.0244. The van der Waals surface area contributed by atoms with Gasteiger partial charge in [-0.1, -0.05) is 0 Å². The van der Waals surface area contributed by atoms with Gasteiger partial charge in [-0.25, -0.2) is 4.79 Å². The van der Waals surface area contributed by atoms with Crippen LogP contribution in [0.4, 0.5) is 4.79 Å². The zero-order valence-electron chi connectivity index (χ0n) is 18.7. The van der Waals surface area contributed by atoms with Gasteiger partial charge in [0.05, 0.1) is 39.6 Å². The molecule has 31 heavy (non-hydrogen) atoms. The van der Waals surface area contributed by atoms with Crippen LogP contribution in [-0.2, 0) is 14.2 Å². The number of hydrogen-bond donors (Lipinski definition) is 3. The summed E-state index contributed by atoms with van der Waals surface area (Å²) in [4.78, 5) is 23.6. The third-order valence-corrected chi connectivity index (χ3v) is 3.55. The van der Waals surface area contributed by atoms with E-state index in [0.717, 1.165) is 0 Å². The van der Waals surface area contributed by atoms with Crippen molar-refractivity contribution in [1.82, 2.24) is 10.6 Å². The largest absolute Gasteiger partial charge is 0.488 e. The summed E-state index contributed by atoms with van der Waals surface area (Å²) < 4.78 is 27.1. The molecule has 0 saturated carbocycles. The van der Waals surface area contributed by atoms with Crippen molar-refractivity contribution in [2.75, 3.05) is 59.8 Å². The summed E-state index contributed by atoms with van der Waals surface area (Å²) in [6.07, 6.45) is -0.525. The van der Waals surface area contributed by atoms with Gasteiger partial charge in [-0.3, -0.25) is 4.79 Å².